The van der Waals surface area contributed by atoms with Crippen LogP contribution in [-0.2, 0) is 16.4 Å². The van der Waals surface area contributed by atoms with Gasteiger partial charge in [0.25, 0.3) is 5.91 Å². The van der Waals surface area contributed by atoms with Gasteiger partial charge in [-0.3, -0.25) is 4.79 Å². The van der Waals surface area contributed by atoms with E-state index in [9.17, 15) is 13.2 Å². The Kier molecular flexibility index (Phi) is 4.77. The molecule has 110 valence electrons. The Hall–Kier alpha value is -1.40. The monoisotopic (exact) mass is 296 g/mol. The van der Waals surface area contributed by atoms with Crippen molar-refractivity contribution in [2.24, 2.45) is 5.92 Å². The molecule has 1 heterocycles. The minimum Gasteiger partial charge on any atom is -0.355 e. The maximum Gasteiger partial charge on any atom is 0.251 e. The maximum absolute atomic E-state index is 11.4. The summed E-state index contributed by atoms with van der Waals surface area (Å²) < 4.78 is 22.7. The first kappa shape index (κ1) is 15.0. The molecule has 0 spiro atoms. The molecule has 0 saturated carbocycles. The Balaban J connectivity index is 1.79. The van der Waals surface area contributed by atoms with E-state index in [-0.39, 0.29) is 11.8 Å². The van der Waals surface area contributed by atoms with Gasteiger partial charge in [-0.25, -0.2) is 8.42 Å². The lowest BCUT2D eigenvalue weighted by Crippen LogP contribution is -2.23. The Morgan fingerprint density at radius 2 is 2.00 bits per heavy atom. The van der Waals surface area contributed by atoms with E-state index in [1.165, 1.54) is 0 Å². The summed E-state index contributed by atoms with van der Waals surface area (Å²) in [5, 5.41) is 5.86. The fraction of sp³-hybridized carbons (Fsp3) is 0.500. The second kappa shape index (κ2) is 6.37. The molecule has 1 aromatic carbocycles. The fourth-order valence-electron chi connectivity index (χ4n) is 2.37. The van der Waals surface area contributed by atoms with E-state index in [0.29, 0.717) is 23.6 Å². The number of hydrogen-bond donors (Lipinski definition) is 2. The smallest absolute Gasteiger partial charge is 0.251 e. The Labute approximate surface area is 119 Å². The SMILES string of the molecule is CNC(=O)c1ccc(CNCC2CCS(=O)(=O)C2)cc1. The van der Waals surface area contributed by atoms with Crippen LogP contribution in [0.3, 0.4) is 0 Å². The summed E-state index contributed by atoms with van der Waals surface area (Å²) in [5.74, 6) is 0.751. The molecule has 1 aliphatic heterocycles. The number of hydrogen-bond acceptors (Lipinski definition) is 4. The molecule has 1 unspecified atom stereocenters. The standard InChI is InChI=1S/C14H20N2O3S/c1-15-14(17)13-4-2-11(3-5-13)8-16-9-12-6-7-20(18,19)10-12/h2-5,12,16H,6-10H2,1H3,(H,15,17). The number of benzene rings is 1. The number of nitrogens with one attached hydrogen (secondary N) is 2. The van der Waals surface area contributed by atoms with Crippen LogP contribution in [0, 0.1) is 5.92 Å². The largest absolute Gasteiger partial charge is 0.355 e. The second-order valence-electron chi connectivity index (χ2n) is 5.18. The molecule has 1 aliphatic rings. The normalized spacial score (nSPS) is 20.8. The highest BCUT2D eigenvalue weighted by atomic mass is 32.2. The van der Waals surface area contributed by atoms with Crippen LogP contribution in [0.4, 0.5) is 0 Å². The number of carbonyl (C=O) groups is 1. The van der Waals surface area contributed by atoms with Gasteiger partial charge in [-0.2, -0.15) is 0 Å². The molecule has 0 bridgehead atoms. The van der Waals surface area contributed by atoms with E-state index in [4.69, 9.17) is 0 Å². The summed E-state index contributed by atoms with van der Waals surface area (Å²) in [6.07, 6.45) is 0.755. The topological polar surface area (TPSA) is 75.3 Å². The molecule has 2 rings (SSSR count). The molecular weight excluding hydrogens is 276 g/mol. The molecule has 1 atom stereocenters. The molecule has 6 heteroatoms. The predicted molar refractivity (Wildman–Crippen MR) is 78.3 cm³/mol. The molecule has 1 amide bonds. The van der Waals surface area contributed by atoms with Gasteiger partial charge in [0.15, 0.2) is 9.84 Å². The summed E-state index contributed by atoms with van der Waals surface area (Å²) in [6.45, 7) is 1.40. The molecule has 5 nitrogen and oxygen atoms in total. The zero-order chi connectivity index (χ0) is 14.6. The van der Waals surface area contributed by atoms with Crippen LogP contribution >= 0.6 is 0 Å². The van der Waals surface area contributed by atoms with Crippen molar-refractivity contribution in [3.05, 3.63) is 35.4 Å². The summed E-state index contributed by atoms with van der Waals surface area (Å²) in [7, 11) is -1.19. The average molecular weight is 296 g/mol. The summed E-state index contributed by atoms with van der Waals surface area (Å²) in [4.78, 5) is 11.4. The number of carbonyl (C=O) groups excluding carboxylic acids is 1. The molecule has 0 aliphatic carbocycles. The summed E-state index contributed by atoms with van der Waals surface area (Å²) in [6, 6.07) is 7.39. The lowest BCUT2D eigenvalue weighted by atomic mass is 10.1. The Morgan fingerprint density at radius 1 is 1.30 bits per heavy atom. The summed E-state index contributed by atoms with van der Waals surface area (Å²) >= 11 is 0. The third kappa shape index (κ3) is 4.05. The highest BCUT2D eigenvalue weighted by molar-refractivity contribution is 7.91. The van der Waals surface area contributed by atoms with Gasteiger partial charge in [0.1, 0.15) is 0 Å². The fourth-order valence-corrected chi connectivity index (χ4v) is 4.23. The van der Waals surface area contributed by atoms with Gasteiger partial charge in [0.2, 0.25) is 0 Å². The van der Waals surface area contributed by atoms with Crippen LogP contribution in [0.25, 0.3) is 0 Å². The van der Waals surface area contributed by atoms with Crippen molar-refractivity contribution < 1.29 is 13.2 Å². The van der Waals surface area contributed by atoms with Crippen LogP contribution in [0.2, 0.25) is 0 Å². The van der Waals surface area contributed by atoms with E-state index in [1.54, 1.807) is 19.2 Å². The first-order valence-corrected chi connectivity index (χ1v) is 8.54. The van der Waals surface area contributed by atoms with Gasteiger partial charge in [-0.15, -0.1) is 0 Å². The van der Waals surface area contributed by atoms with Crippen molar-refractivity contribution in [3.8, 4) is 0 Å². The van der Waals surface area contributed by atoms with Crippen molar-refractivity contribution in [2.45, 2.75) is 13.0 Å². The molecule has 20 heavy (non-hydrogen) atoms. The molecule has 0 aromatic heterocycles. The van der Waals surface area contributed by atoms with Gasteiger partial charge in [0.05, 0.1) is 11.5 Å². The van der Waals surface area contributed by atoms with E-state index >= 15 is 0 Å². The van der Waals surface area contributed by atoms with Gasteiger partial charge >= 0.3 is 0 Å². The lowest BCUT2D eigenvalue weighted by Gasteiger charge is -2.09. The van der Waals surface area contributed by atoms with Gasteiger partial charge in [-0.05, 0) is 36.6 Å². The molecule has 2 N–H and O–H groups in total. The van der Waals surface area contributed by atoms with E-state index in [2.05, 4.69) is 10.6 Å². The first-order valence-electron chi connectivity index (χ1n) is 6.72. The Bertz CT molecular complexity index is 567. The predicted octanol–water partition coefficient (Wildman–Crippen LogP) is 0.571. The van der Waals surface area contributed by atoms with Crippen LogP contribution in [0.1, 0.15) is 22.3 Å². The number of sulfone groups is 1. The van der Waals surface area contributed by atoms with E-state index in [0.717, 1.165) is 18.5 Å². The van der Waals surface area contributed by atoms with Crippen molar-refractivity contribution in [1.29, 1.82) is 0 Å². The molecule has 1 aromatic rings. The zero-order valence-corrected chi connectivity index (χ0v) is 12.4. The average Bonchev–Trinajstić information content (AvgIpc) is 2.78. The van der Waals surface area contributed by atoms with Crippen LogP contribution in [0.15, 0.2) is 24.3 Å². The lowest BCUT2D eigenvalue weighted by molar-refractivity contribution is 0.0963. The minimum absolute atomic E-state index is 0.0966. The highest BCUT2D eigenvalue weighted by Gasteiger charge is 2.27. The zero-order valence-electron chi connectivity index (χ0n) is 11.6. The van der Waals surface area contributed by atoms with Crippen molar-refractivity contribution in [1.82, 2.24) is 10.6 Å². The third-order valence-corrected chi connectivity index (χ3v) is 5.37. The van der Waals surface area contributed by atoms with Crippen LogP contribution < -0.4 is 10.6 Å². The quantitative estimate of drug-likeness (QED) is 0.833. The number of rotatable bonds is 5. The number of amides is 1. The molecule has 0 radical (unpaired) electrons. The second-order valence-corrected chi connectivity index (χ2v) is 7.40. The van der Waals surface area contributed by atoms with Gasteiger partial charge in [-0.1, -0.05) is 12.1 Å². The van der Waals surface area contributed by atoms with Crippen LogP contribution in [0.5, 0.6) is 0 Å². The maximum atomic E-state index is 11.4. The van der Waals surface area contributed by atoms with E-state index in [1.807, 2.05) is 12.1 Å². The van der Waals surface area contributed by atoms with Gasteiger partial charge < -0.3 is 10.6 Å². The Morgan fingerprint density at radius 3 is 2.55 bits per heavy atom. The van der Waals surface area contributed by atoms with Gasteiger partial charge in [0, 0.05) is 19.2 Å². The van der Waals surface area contributed by atoms with Crippen molar-refractivity contribution in [2.75, 3.05) is 25.1 Å². The van der Waals surface area contributed by atoms with E-state index < -0.39 is 9.84 Å². The third-order valence-electron chi connectivity index (χ3n) is 3.53. The first-order chi connectivity index (χ1) is 9.50. The molecule has 1 saturated heterocycles. The summed E-state index contributed by atoms with van der Waals surface area (Å²) in [5.41, 5.74) is 1.72. The van der Waals surface area contributed by atoms with Crippen LogP contribution in [-0.4, -0.2) is 39.4 Å². The highest BCUT2D eigenvalue weighted by Crippen LogP contribution is 2.17. The van der Waals surface area contributed by atoms with Crippen molar-refractivity contribution in [3.63, 3.8) is 0 Å². The minimum atomic E-state index is -2.79. The molecular formula is C14H20N2O3S. The molecule has 1 fully saturated rings. The van der Waals surface area contributed by atoms with Crippen molar-refractivity contribution >= 4 is 15.7 Å².